The summed E-state index contributed by atoms with van der Waals surface area (Å²) >= 11 is 3.68. The van der Waals surface area contributed by atoms with E-state index in [2.05, 4.69) is 176 Å². The van der Waals surface area contributed by atoms with Crippen molar-refractivity contribution in [3.8, 4) is 45.0 Å². The van der Waals surface area contributed by atoms with Gasteiger partial charge in [-0.25, -0.2) is 9.97 Å². The molecule has 0 aliphatic heterocycles. The summed E-state index contributed by atoms with van der Waals surface area (Å²) < 4.78 is 5.05. The molecule has 0 N–H and O–H groups in total. The van der Waals surface area contributed by atoms with Crippen LogP contribution in [0.3, 0.4) is 0 Å². The van der Waals surface area contributed by atoms with Gasteiger partial charge in [0.05, 0.1) is 11.4 Å². The summed E-state index contributed by atoms with van der Waals surface area (Å²) in [5.41, 5.74) is 8.86. The van der Waals surface area contributed by atoms with Crippen molar-refractivity contribution in [1.82, 2.24) is 9.97 Å². The summed E-state index contributed by atoms with van der Waals surface area (Å²) in [6.45, 7) is 0. The second kappa shape index (κ2) is 12.7. The number of hydrogen-bond donors (Lipinski definition) is 0. The lowest BCUT2D eigenvalue weighted by Crippen LogP contribution is -2.02. The maximum absolute atomic E-state index is 5.59. The van der Waals surface area contributed by atoms with E-state index < -0.39 is 0 Å². The Labute approximate surface area is 321 Å². The second-order valence-corrected chi connectivity index (χ2v) is 16.1. The van der Waals surface area contributed by atoms with Crippen LogP contribution < -0.4 is 0 Å². The molecule has 1 unspecified atom stereocenters. The fourth-order valence-electron chi connectivity index (χ4n) is 8.35. The van der Waals surface area contributed by atoms with Crippen LogP contribution in [0.15, 0.2) is 176 Å². The van der Waals surface area contributed by atoms with E-state index in [4.69, 9.17) is 9.97 Å². The predicted molar refractivity (Wildman–Crippen MR) is 233 cm³/mol. The Hall–Kier alpha value is -6.20. The van der Waals surface area contributed by atoms with E-state index >= 15 is 0 Å². The number of hydrogen-bond acceptors (Lipinski definition) is 4. The lowest BCUT2D eigenvalue weighted by Gasteiger charge is -2.21. The first kappa shape index (κ1) is 31.3. The minimum atomic E-state index is 0.296. The van der Waals surface area contributed by atoms with E-state index in [1.807, 2.05) is 22.7 Å². The summed E-state index contributed by atoms with van der Waals surface area (Å²) in [4.78, 5) is 11.2. The van der Waals surface area contributed by atoms with Crippen molar-refractivity contribution in [3.63, 3.8) is 0 Å². The molecule has 2 nitrogen and oxygen atoms in total. The number of nitrogens with zero attached hydrogens (tertiary/aromatic N) is 2. The Morgan fingerprint density at radius 3 is 1.70 bits per heavy atom. The van der Waals surface area contributed by atoms with Gasteiger partial charge in [-0.05, 0) is 52.1 Å². The van der Waals surface area contributed by atoms with Gasteiger partial charge in [-0.1, -0.05) is 158 Å². The standard InChI is InChI=1S/C50H32N2S2/c1-2-14-31(15-3-1)33-17-6-7-19-35(33)38-29-28-32-16-4-5-18-34(32)47(38)50-51-43(41-24-12-22-39-36-20-8-10-26-45(36)53-48(39)41)30-44(52-50)42-25-13-23-40-37-21-9-11-27-46(37)54-49(40)42/h1-14,16-31H,15H2. The highest BCUT2D eigenvalue weighted by atomic mass is 32.1. The average molecular weight is 725 g/mol. The molecule has 54 heavy (non-hydrogen) atoms. The normalized spacial score (nSPS) is 14.3. The highest BCUT2D eigenvalue weighted by Crippen LogP contribution is 2.46. The average Bonchev–Trinajstić information content (AvgIpc) is 3.82. The molecule has 4 heteroatoms. The minimum Gasteiger partial charge on any atom is -0.228 e. The lowest BCUT2D eigenvalue weighted by molar-refractivity contribution is 0.856. The summed E-state index contributed by atoms with van der Waals surface area (Å²) in [5.74, 6) is 1.03. The summed E-state index contributed by atoms with van der Waals surface area (Å²) in [7, 11) is 0. The maximum atomic E-state index is 5.59. The molecule has 0 spiro atoms. The van der Waals surface area contributed by atoms with E-state index in [1.54, 1.807) is 0 Å². The number of fused-ring (bicyclic) bond motifs is 7. The summed E-state index contributed by atoms with van der Waals surface area (Å²) in [6.07, 6.45) is 9.89. The Kier molecular flexibility index (Phi) is 7.39. The Bertz CT molecular complexity index is 3030. The van der Waals surface area contributed by atoms with Gasteiger partial charge in [0.15, 0.2) is 5.82 Å². The largest absolute Gasteiger partial charge is 0.228 e. The molecule has 1 aliphatic rings. The van der Waals surface area contributed by atoms with Crippen LogP contribution in [0.2, 0.25) is 0 Å². The van der Waals surface area contributed by atoms with Crippen LogP contribution in [0.25, 0.3) is 96.1 Å². The molecule has 7 aromatic carbocycles. The Morgan fingerprint density at radius 1 is 0.463 bits per heavy atom. The molecule has 1 aliphatic carbocycles. The minimum absolute atomic E-state index is 0.296. The van der Waals surface area contributed by atoms with Gasteiger partial charge in [-0.15, -0.1) is 22.7 Å². The predicted octanol–water partition coefficient (Wildman–Crippen LogP) is 14.6. The van der Waals surface area contributed by atoms with Gasteiger partial charge in [0.2, 0.25) is 0 Å². The molecular formula is C50H32N2S2. The molecule has 11 rings (SSSR count). The highest BCUT2D eigenvalue weighted by molar-refractivity contribution is 7.26. The van der Waals surface area contributed by atoms with Gasteiger partial charge in [-0.3, -0.25) is 0 Å². The molecule has 3 aromatic heterocycles. The fourth-order valence-corrected chi connectivity index (χ4v) is 10.8. The zero-order chi connectivity index (χ0) is 35.6. The van der Waals surface area contributed by atoms with Crippen LogP contribution in [-0.4, -0.2) is 9.97 Å². The van der Waals surface area contributed by atoms with Crippen LogP contribution in [0, 0.1) is 0 Å². The van der Waals surface area contributed by atoms with Gasteiger partial charge in [0.1, 0.15) is 0 Å². The third-order valence-corrected chi connectivity index (χ3v) is 13.3. The number of aromatic nitrogens is 2. The smallest absolute Gasteiger partial charge is 0.161 e. The van der Waals surface area contributed by atoms with Gasteiger partial charge in [-0.2, -0.15) is 0 Å². The third-order valence-electron chi connectivity index (χ3n) is 10.9. The second-order valence-electron chi connectivity index (χ2n) is 14.0. The SMILES string of the molecule is C1=CCC(c2ccccc2-c2ccc3ccccc3c2-c2nc(-c3cccc4c3sc3ccccc34)cc(-c3cccc4c3sc3ccccc34)n2)C=C1. The molecule has 3 heterocycles. The van der Waals surface area contributed by atoms with Crippen molar-refractivity contribution in [3.05, 3.63) is 182 Å². The van der Waals surface area contributed by atoms with E-state index in [9.17, 15) is 0 Å². The van der Waals surface area contributed by atoms with E-state index in [1.165, 1.54) is 56.9 Å². The molecule has 1 atom stereocenters. The molecular weight excluding hydrogens is 693 g/mol. The number of benzene rings is 7. The van der Waals surface area contributed by atoms with Crippen molar-refractivity contribution < 1.29 is 0 Å². The quantitative estimate of drug-likeness (QED) is 0.177. The number of thiophene rings is 2. The van der Waals surface area contributed by atoms with Crippen molar-refractivity contribution >= 4 is 73.8 Å². The molecule has 0 amide bonds. The molecule has 0 saturated heterocycles. The van der Waals surface area contributed by atoms with Crippen LogP contribution in [0.5, 0.6) is 0 Å². The van der Waals surface area contributed by atoms with Gasteiger partial charge in [0.25, 0.3) is 0 Å². The fraction of sp³-hybridized carbons (Fsp3) is 0.0400. The molecule has 0 radical (unpaired) electrons. The lowest BCUT2D eigenvalue weighted by atomic mass is 9.84. The van der Waals surface area contributed by atoms with Crippen LogP contribution in [0.4, 0.5) is 0 Å². The highest BCUT2D eigenvalue weighted by Gasteiger charge is 2.23. The van der Waals surface area contributed by atoms with E-state index in [-0.39, 0.29) is 0 Å². The van der Waals surface area contributed by atoms with Gasteiger partial charge < -0.3 is 0 Å². The molecule has 0 fully saturated rings. The first-order chi connectivity index (χ1) is 26.8. The topological polar surface area (TPSA) is 25.8 Å². The van der Waals surface area contributed by atoms with Crippen molar-refractivity contribution in [2.45, 2.75) is 12.3 Å². The Morgan fingerprint density at radius 2 is 1.04 bits per heavy atom. The summed E-state index contributed by atoms with van der Waals surface area (Å²) in [6, 6.07) is 55.1. The molecule has 10 aromatic rings. The van der Waals surface area contributed by atoms with Crippen LogP contribution in [0.1, 0.15) is 17.9 Å². The Balaban J connectivity index is 1.23. The molecule has 0 saturated carbocycles. The molecule has 254 valence electrons. The van der Waals surface area contributed by atoms with Crippen molar-refractivity contribution in [2.75, 3.05) is 0 Å². The third kappa shape index (κ3) is 5.06. The number of allylic oxidation sites excluding steroid dienone is 4. The first-order valence-corrected chi connectivity index (χ1v) is 20.1. The van der Waals surface area contributed by atoms with Crippen molar-refractivity contribution in [1.29, 1.82) is 0 Å². The first-order valence-electron chi connectivity index (χ1n) is 18.4. The zero-order valence-electron chi connectivity index (χ0n) is 29.2. The molecule has 0 bridgehead atoms. The van der Waals surface area contributed by atoms with E-state index in [0.717, 1.165) is 51.3 Å². The number of rotatable bonds is 5. The van der Waals surface area contributed by atoms with E-state index in [0.29, 0.717) is 5.92 Å². The van der Waals surface area contributed by atoms with Gasteiger partial charge in [0, 0.05) is 63.0 Å². The summed E-state index contributed by atoms with van der Waals surface area (Å²) in [5, 5.41) is 7.40. The van der Waals surface area contributed by atoms with Crippen LogP contribution in [-0.2, 0) is 0 Å². The van der Waals surface area contributed by atoms with Crippen LogP contribution >= 0.6 is 22.7 Å². The zero-order valence-corrected chi connectivity index (χ0v) is 30.9. The monoisotopic (exact) mass is 724 g/mol. The van der Waals surface area contributed by atoms with Gasteiger partial charge >= 0.3 is 0 Å². The maximum Gasteiger partial charge on any atom is 0.161 e. The van der Waals surface area contributed by atoms with Crippen molar-refractivity contribution in [2.24, 2.45) is 0 Å².